The van der Waals surface area contributed by atoms with Crippen molar-refractivity contribution in [2.75, 3.05) is 13.1 Å². The highest BCUT2D eigenvalue weighted by atomic mass is 79.9. The highest BCUT2D eigenvalue weighted by Crippen LogP contribution is 2.30. The molecule has 0 unspecified atom stereocenters. The number of carbonyl (C=O) groups is 2. The lowest BCUT2D eigenvalue weighted by Crippen LogP contribution is -2.43. The van der Waals surface area contributed by atoms with E-state index in [0.29, 0.717) is 43.8 Å². The quantitative estimate of drug-likeness (QED) is 0.651. The van der Waals surface area contributed by atoms with Gasteiger partial charge in [0.2, 0.25) is 5.91 Å². The predicted molar refractivity (Wildman–Crippen MR) is 108 cm³/mol. The highest BCUT2D eigenvalue weighted by Gasteiger charge is 2.30. The first-order chi connectivity index (χ1) is 13.5. The molecular weight excluding hydrogens is 424 g/mol. The first-order valence-electron chi connectivity index (χ1n) is 9.31. The van der Waals surface area contributed by atoms with Crippen molar-refractivity contribution in [2.24, 2.45) is 5.92 Å². The van der Waals surface area contributed by atoms with E-state index in [2.05, 4.69) is 21.2 Å². The normalized spacial score (nSPS) is 15.1. The van der Waals surface area contributed by atoms with E-state index in [4.69, 9.17) is 8.83 Å². The third kappa shape index (κ3) is 3.71. The van der Waals surface area contributed by atoms with E-state index in [1.165, 1.54) is 0 Å². The van der Waals surface area contributed by atoms with Gasteiger partial charge in [-0.1, -0.05) is 15.9 Å². The largest absolute Gasteiger partial charge is 0.467 e. The van der Waals surface area contributed by atoms with Gasteiger partial charge in [0.15, 0.2) is 5.76 Å². The van der Waals surface area contributed by atoms with Gasteiger partial charge in [0.1, 0.15) is 11.3 Å². The summed E-state index contributed by atoms with van der Waals surface area (Å²) < 4.78 is 12.0. The van der Waals surface area contributed by atoms with Crippen molar-refractivity contribution in [3.8, 4) is 0 Å². The van der Waals surface area contributed by atoms with Gasteiger partial charge in [-0.2, -0.15) is 0 Å². The summed E-state index contributed by atoms with van der Waals surface area (Å²) in [6.45, 7) is 3.37. The maximum Gasteiger partial charge on any atom is 0.289 e. The predicted octanol–water partition coefficient (Wildman–Crippen LogP) is 4.27. The number of aryl methyl sites for hydroxylation is 1. The minimum absolute atomic E-state index is 0.00765. The van der Waals surface area contributed by atoms with E-state index in [1.54, 1.807) is 17.2 Å². The lowest BCUT2D eigenvalue weighted by atomic mass is 9.95. The standard InChI is InChI=1S/C21H21BrN2O4/c1-13-17-11-15(22)4-5-18(17)28-19(13)21(26)24-8-6-14(7-9-24)20(25)23-12-16-3-2-10-27-16/h2-5,10-11,14H,6-9,12H2,1H3,(H,23,25). The van der Waals surface area contributed by atoms with Gasteiger partial charge in [0.25, 0.3) is 5.91 Å². The van der Waals surface area contributed by atoms with Crippen molar-refractivity contribution in [2.45, 2.75) is 26.3 Å². The van der Waals surface area contributed by atoms with Crippen molar-refractivity contribution in [1.82, 2.24) is 10.2 Å². The summed E-state index contributed by atoms with van der Waals surface area (Å²) in [5.74, 6) is 0.918. The molecule has 6 nitrogen and oxygen atoms in total. The van der Waals surface area contributed by atoms with Crippen molar-refractivity contribution in [3.63, 3.8) is 0 Å². The third-order valence-electron chi connectivity index (χ3n) is 5.26. The van der Waals surface area contributed by atoms with Gasteiger partial charge in [-0.3, -0.25) is 9.59 Å². The summed E-state index contributed by atoms with van der Waals surface area (Å²) in [5, 5.41) is 3.84. The zero-order valence-corrected chi connectivity index (χ0v) is 17.1. The van der Waals surface area contributed by atoms with E-state index < -0.39 is 0 Å². The Hall–Kier alpha value is -2.54. The molecule has 0 bridgehead atoms. The lowest BCUT2D eigenvalue weighted by molar-refractivity contribution is -0.126. The number of hydrogen-bond acceptors (Lipinski definition) is 4. The third-order valence-corrected chi connectivity index (χ3v) is 5.76. The molecule has 1 aliphatic heterocycles. The van der Waals surface area contributed by atoms with E-state index >= 15 is 0 Å². The molecule has 28 heavy (non-hydrogen) atoms. The molecule has 0 saturated carbocycles. The summed E-state index contributed by atoms with van der Waals surface area (Å²) in [6.07, 6.45) is 2.87. The van der Waals surface area contributed by atoms with E-state index in [1.807, 2.05) is 31.2 Å². The van der Waals surface area contributed by atoms with E-state index in [0.717, 1.165) is 21.2 Å². The van der Waals surface area contributed by atoms with Crippen molar-refractivity contribution in [3.05, 3.63) is 58.2 Å². The zero-order chi connectivity index (χ0) is 19.7. The average Bonchev–Trinajstić information content (AvgIpc) is 3.34. The minimum Gasteiger partial charge on any atom is -0.467 e. The molecule has 2 aromatic heterocycles. The first-order valence-corrected chi connectivity index (χ1v) is 10.1. The highest BCUT2D eigenvalue weighted by molar-refractivity contribution is 9.10. The van der Waals surface area contributed by atoms with Crippen LogP contribution in [0, 0.1) is 12.8 Å². The molecule has 0 atom stereocenters. The van der Waals surface area contributed by atoms with Gasteiger partial charge >= 0.3 is 0 Å². The molecule has 1 aromatic carbocycles. The molecule has 3 heterocycles. The van der Waals surface area contributed by atoms with Crippen LogP contribution in [0.4, 0.5) is 0 Å². The number of likely N-dealkylation sites (tertiary alicyclic amines) is 1. The van der Waals surface area contributed by atoms with Crippen LogP contribution in [-0.4, -0.2) is 29.8 Å². The molecule has 1 aliphatic rings. The molecule has 0 aliphatic carbocycles. The number of hydrogen-bond donors (Lipinski definition) is 1. The second-order valence-electron chi connectivity index (χ2n) is 7.06. The molecule has 0 radical (unpaired) electrons. The second-order valence-corrected chi connectivity index (χ2v) is 7.98. The van der Waals surface area contributed by atoms with Crippen LogP contribution in [0.1, 0.15) is 34.7 Å². The molecule has 1 N–H and O–H groups in total. The van der Waals surface area contributed by atoms with Crippen LogP contribution in [-0.2, 0) is 11.3 Å². The van der Waals surface area contributed by atoms with E-state index in [9.17, 15) is 9.59 Å². The number of nitrogens with one attached hydrogen (secondary N) is 1. The fourth-order valence-electron chi connectivity index (χ4n) is 3.62. The topological polar surface area (TPSA) is 75.7 Å². The number of fused-ring (bicyclic) bond motifs is 1. The number of halogens is 1. The average molecular weight is 445 g/mol. The Morgan fingerprint density at radius 3 is 2.75 bits per heavy atom. The number of furan rings is 2. The number of nitrogens with zero attached hydrogens (tertiary/aromatic N) is 1. The SMILES string of the molecule is Cc1c(C(=O)N2CCC(C(=O)NCc3ccco3)CC2)oc2ccc(Br)cc12. The number of rotatable bonds is 4. The molecule has 3 aromatic rings. The Bertz CT molecular complexity index is 1000. The fourth-order valence-corrected chi connectivity index (χ4v) is 3.98. The van der Waals surface area contributed by atoms with Crippen LogP contribution in [0.15, 0.2) is 49.9 Å². The Morgan fingerprint density at radius 1 is 1.25 bits per heavy atom. The van der Waals surface area contributed by atoms with Crippen LogP contribution in [0.5, 0.6) is 0 Å². The van der Waals surface area contributed by atoms with Crippen LogP contribution < -0.4 is 5.32 Å². The van der Waals surface area contributed by atoms with E-state index in [-0.39, 0.29) is 17.7 Å². The van der Waals surface area contributed by atoms with Crippen molar-refractivity contribution >= 4 is 38.7 Å². The molecular formula is C21H21BrN2O4. The Labute approximate surface area is 171 Å². The van der Waals surface area contributed by atoms with Gasteiger partial charge in [0.05, 0.1) is 12.8 Å². The van der Waals surface area contributed by atoms with Crippen LogP contribution in [0.3, 0.4) is 0 Å². The van der Waals surface area contributed by atoms with Gasteiger partial charge < -0.3 is 19.1 Å². The monoisotopic (exact) mass is 444 g/mol. The maximum absolute atomic E-state index is 12.9. The maximum atomic E-state index is 12.9. The minimum atomic E-state index is -0.112. The Kier molecular flexibility index (Phi) is 5.26. The van der Waals surface area contributed by atoms with Crippen molar-refractivity contribution < 1.29 is 18.4 Å². The van der Waals surface area contributed by atoms with Crippen LogP contribution in [0.25, 0.3) is 11.0 Å². The van der Waals surface area contributed by atoms with Crippen LogP contribution in [0.2, 0.25) is 0 Å². The first kappa shape index (κ1) is 18.8. The summed E-state index contributed by atoms with van der Waals surface area (Å²) in [6, 6.07) is 9.34. The van der Waals surface area contributed by atoms with Gasteiger partial charge in [0, 0.05) is 34.4 Å². The van der Waals surface area contributed by atoms with Gasteiger partial charge in [-0.15, -0.1) is 0 Å². The molecule has 2 amide bonds. The zero-order valence-electron chi connectivity index (χ0n) is 15.5. The summed E-state index contributed by atoms with van der Waals surface area (Å²) in [7, 11) is 0. The Morgan fingerprint density at radius 2 is 2.04 bits per heavy atom. The second kappa shape index (κ2) is 7.83. The molecule has 1 fully saturated rings. The summed E-state index contributed by atoms with van der Waals surface area (Å²) in [5.41, 5.74) is 1.55. The lowest BCUT2D eigenvalue weighted by Gasteiger charge is -2.30. The molecule has 4 rings (SSSR count). The molecule has 146 valence electrons. The smallest absolute Gasteiger partial charge is 0.289 e. The fraction of sp³-hybridized carbons (Fsp3) is 0.333. The molecule has 0 spiro atoms. The van der Waals surface area contributed by atoms with Gasteiger partial charge in [-0.25, -0.2) is 0 Å². The number of benzene rings is 1. The number of piperidine rings is 1. The molecule has 7 heteroatoms. The van der Waals surface area contributed by atoms with Gasteiger partial charge in [-0.05, 0) is 50.1 Å². The summed E-state index contributed by atoms with van der Waals surface area (Å²) >= 11 is 3.45. The summed E-state index contributed by atoms with van der Waals surface area (Å²) in [4.78, 5) is 27.1. The Balaban J connectivity index is 1.37. The van der Waals surface area contributed by atoms with Crippen LogP contribution >= 0.6 is 15.9 Å². The van der Waals surface area contributed by atoms with Crippen molar-refractivity contribution in [1.29, 1.82) is 0 Å². The number of carbonyl (C=O) groups excluding carboxylic acids is 2. The molecule has 1 saturated heterocycles. The number of amides is 2.